The first-order chi connectivity index (χ1) is 22.3. The summed E-state index contributed by atoms with van der Waals surface area (Å²) >= 11 is 0. The number of amides is 1. The Hall–Kier alpha value is -5.22. The summed E-state index contributed by atoms with van der Waals surface area (Å²) < 4.78 is 52.8. The molecule has 0 fully saturated rings. The van der Waals surface area contributed by atoms with Crippen LogP contribution in [0.4, 0.5) is 14.5 Å². The number of carbonyl (C=O) groups is 1. The average Bonchev–Trinajstić information content (AvgIpc) is 3.06. The van der Waals surface area contributed by atoms with E-state index in [9.17, 15) is 18.4 Å². The summed E-state index contributed by atoms with van der Waals surface area (Å²) in [6, 6.07) is 22.7. The van der Waals surface area contributed by atoms with E-state index in [1.54, 1.807) is 47.9 Å². The highest BCUT2D eigenvalue weighted by molar-refractivity contribution is 6.07. The van der Waals surface area contributed by atoms with Gasteiger partial charge in [-0.05, 0) is 43.2 Å². The molecule has 0 atom stereocenters. The smallest absolute Gasteiger partial charge is 0.263 e. The molecule has 46 heavy (non-hydrogen) atoms. The van der Waals surface area contributed by atoms with Gasteiger partial charge in [0.1, 0.15) is 41.1 Å². The topological polar surface area (TPSA) is 79.2 Å². The second kappa shape index (κ2) is 14.7. The second-order valence-electron chi connectivity index (χ2n) is 10.4. The molecule has 4 aromatic carbocycles. The molecule has 1 heterocycles. The van der Waals surface area contributed by atoms with Gasteiger partial charge in [-0.2, -0.15) is 0 Å². The van der Waals surface area contributed by atoms with Gasteiger partial charge in [0.15, 0.2) is 6.79 Å². The van der Waals surface area contributed by atoms with Gasteiger partial charge in [-0.1, -0.05) is 37.3 Å². The van der Waals surface area contributed by atoms with E-state index in [4.69, 9.17) is 18.9 Å². The number of rotatable bonds is 13. The molecule has 8 nitrogen and oxygen atoms in total. The standard InChI is InChI=1S/C36H34F2N2O6/c1-4-13-44-30-17-28(18-31(19-30)45-22-24-9-7-6-8-10-24)40-21-33(35(41)32-12-11-29(20-34(32)40)46-23-43-3)36(42)39(5-2)27-15-25(37)14-26(38)16-27/h6-12,14-21H,4-5,13,22-23H2,1-3H3. The summed E-state index contributed by atoms with van der Waals surface area (Å²) in [5.41, 5.74) is 1.20. The molecule has 0 N–H and O–H groups in total. The van der Waals surface area contributed by atoms with Crippen molar-refractivity contribution in [2.24, 2.45) is 0 Å². The zero-order valence-corrected chi connectivity index (χ0v) is 25.8. The molecular formula is C36H34F2N2O6. The summed E-state index contributed by atoms with van der Waals surface area (Å²) in [6.45, 7) is 4.46. The first kappa shape index (κ1) is 32.2. The van der Waals surface area contributed by atoms with Gasteiger partial charge in [0.25, 0.3) is 5.91 Å². The highest BCUT2D eigenvalue weighted by Crippen LogP contribution is 2.30. The number of hydrogen-bond donors (Lipinski definition) is 0. The minimum Gasteiger partial charge on any atom is -0.493 e. The third kappa shape index (κ3) is 7.35. The van der Waals surface area contributed by atoms with Crippen molar-refractivity contribution in [3.63, 3.8) is 0 Å². The Labute approximate surface area is 265 Å². The lowest BCUT2D eigenvalue weighted by Gasteiger charge is -2.22. The molecule has 0 spiro atoms. The van der Waals surface area contributed by atoms with Crippen LogP contribution >= 0.6 is 0 Å². The molecule has 0 aliphatic carbocycles. The maximum atomic E-state index is 14.1. The lowest BCUT2D eigenvalue weighted by atomic mass is 10.1. The highest BCUT2D eigenvalue weighted by atomic mass is 19.1. The molecule has 0 saturated carbocycles. The molecule has 238 valence electrons. The quantitative estimate of drug-likeness (QED) is 0.128. The maximum Gasteiger partial charge on any atom is 0.263 e. The zero-order valence-electron chi connectivity index (χ0n) is 25.8. The number of fused-ring (bicyclic) bond motifs is 1. The van der Waals surface area contributed by atoms with E-state index >= 15 is 0 Å². The van der Waals surface area contributed by atoms with Crippen molar-refractivity contribution in [2.75, 3.05) is 32.0 Å². The third-order valence-electron chi connectivity index (χ3n) is 7.13. The van der Waals surface area contributed by atoms with Crippen LogP contribution in [0.2, 0.25) is 0 Å². The van der Waals surface area contributed by atoms with Gasteiger partial charge in [0, 0.05) is 61.3 Å². The zero-order chi connectivity index (χ0) is 32.6. The minimum absolute atomic E-state index is 0.00841. The summed E-state index contributed by atoms with van der Waals surface area (Å²) in [5.74, 6) is -0.929. The van der Waals surface area contributed by atoms with Crippen LogP contribution in [-0.2, 0) is 11.3 Å². The van der Waals surface area contributed by atoms with Crippen LogP contribution in [0.15, 0.2) is 95.9 Å². The molecule has 1 amide bonds. The number of nitrogens with zero attached hydrogens (tertiary/aromatic N) is 2. The summed E-state index contributed by atoms with van der Waals surface area (Å²) in [4.78, 5) is 29.0. The fraction of sp³-hybridized carbons (Fsp3) is 0.222. The number of anilines is 1. The molecule has 5 rings (SSSR count). The van der Waals surface area contributed by atoms with Gasteiger partial charge < -0.3 is 28.4 Å². The maximum absolute atomic E-state index is 14.1. The van der Waals surface area contributed by atoms with Crippen LogP contribution < -0.4 is 24.5 Å². The number of halogens is 2. The van der Waals surface area contributed by atoms with Crippen molar-refractivity contribution in [1.82, 2.24) is 4.57 Å². The second-order valence-corrected chi connectivity index (χ2v) is 10.4. The van der Waals surface area contributed by atoms with Crippen molar-refractivity contribution in [2.45, 2.75) is 26.9 Å². The Morgan fingerprint density at radius 3 is 2.22 bits per heavy atom. The summed E-state index contributed by atoms with van der Waals surface area (Å²) in [7, 11) is 1.50. The average molecular weight is 629 g/mol. The molecule has 0 unspecified atom stereocenters. The fourth-order valence-electron chi connectivity index (χ4n) is 5.00. The highest BCUT2D eigenvalue weighted by Gasteiger charge is 2.24. The molecule has 0 aliphatic rings. The molecular weight excluding hydrogens is 594 g/mol. The van der Waals surface area contributed by atoms with Crippen molar-refractivity contribution in [1.29, 1.82) is 0 Å². The van der Waals surface area contributed by atoms with Gasteiger partial charge in [-0.25, -0.2) is 8.78 Å². The van der Waals surface area contributed by atoms with E-state index in [0.717, 1.165) is 35.1 Å². The normalized spacial score (nSPS) is 11.0. The fourth-order valence-corrected chi connectivity index (χ4v) is 5.00. The molecule has 10 heteroatoms. The van der Waals surface area contributed by atoms with E-state index in [0.29, 0.717) is 41.7 Å². The van der Waals surface area contributed by atoms with Crippen LogP contribution in [0.1, 0.15) is 36.2 Å². The predicted octanol–water partition coefficient (Wildman–Crippen LogP) is 7.29. The van der Waals surface area contributed by atoms with Gasteiger partial charge in [0.05, 0.1) is 17.8 Å². The Morgan fingerprint density at radius 1 is 0.826 bits per heavy atom. The largest absolute Gasteiger partial charge is 0.493 e. The number of hydrogen-bond acceptors (Lipinski definition) is 6. The van der Waals surface area contributed by atoms with E-state index in [1.165, 1.54) is 13.3 Å². The van der Waals surface area contributed by atoms with E-state index in [2.05, 4.69) is 0 Å². The van der Waals surface area contributed by atoms with Crippen LogP contribution in [0.25, 0.3) is 16.6 Å². The van der Waals surface area contributed by atoms with Gasteiger partial charge >= 0.3 is 0 Å². The van der Waals surface area contributed by atoms with E-state index in [-0.39, 0.29) is 30.0 Å². The van der Waals surface area contributed by atoms with Crippen LogP contribution in [0, 0.1) is 11.6 Å². The molecule has 0 bridgehead atoms. The summed E-state index contributed by atoms with van der Waals surface area (Å²) in [5, 5.41) is 0.226. The van der Waals surface area contributed by atoms with Gasteiger partial charge in [0.2, 0.25) is 5.43 Å². The Bertz CT molecular complexity index is 1870. The Kier molecular flexibility index (Phi) is 10.3. The van der Waals surface area contributed by atoms with Crippen LogP contribution in [0.5, 0.6) is 17.2 Å². The summed E-state index contributed by atoms with van der Waals surface area (Å²) in [6.07, 6.45) is 2.20. The van der Waals surface area contributed by atoms with Crippen molar-refractivity contribution >= 4 is 22.5 Å². The monoisotopic (exact) mass is 628 g/mol. The molecule has 0 saturated heterocycles. The van der Waals surface area contributed by atoms with Crippen molar-refractivity contribution in [3.05, 3.63) is 124 Å². The Balaban J connectivity index is 1.68. The molecule has 0 radical (unpaired) electrons. The number of aromatic nitrogens is 1. The van der Waals surface area contributed by atoms with Crippen molar-refractivity contribution < 1.29 is 32.5 Å². The lowest BCUT2D eigenvalue weighted by Crippen LogP contribution is -2.35. The SMILES string of the molecule is CCCOc1cc(OCc2ccccc2)cc(-n2cc(C(=O)N(CC)c3cc(F)cc(F)c3)c(=O)c3ccc(OCOC)cc32)c1. The number of carbonyl (C=O) groups excluding carboxylic acids is 1. The lowest BCUT2D eigenvalue weighted by molar-refractivity contribution is 0.0512. The first-order valence-electron chi connectivity index (χ1n) is 14.8. The predicted molar refractivity (Wildman–Crippen MR) is 172 cm³/mol. The number of ether oxygens (including phenoxy) is 4. The number of methoxy groups -OCH3 is 1. The van der Waals surface area contributed by atoms with Gasteiger partial charge in [-0.15, -0.1) is 0 Å². The number of benzene rings is 4. The van der Waals surface area contributed by atoms with E-state index in [1.807, 2.05) is 37.3 Å². The Morgan fingerprint density at radius 2 is 1.54 bits per heavy atom. The van der Waals surface area contributed by atoms with Gasteiger partial charge in [-0.3, -0.25) is 9.59 Å². The van der Waals surface area contributed by atoms with E-state index < -0.39 is 23.0 Å². The third-order valence-corrected chi connectivity index (χ3v) is 7.13. The van der Waals surface area contributed by atoms with Crippen molar-refractivity contribution in [3.8, 4) is 22.9 Å². The number of pyridine rings is 1. The molecule has 5 aromatic rings. The minimum atomic E-state index is -0.840. The molecule has 0 aliphatic heterocycles. The van der Waals surface area contributed by atoms with Crippen LogP contribution in [0.3, 0.4) is 0 Å². The molecule has 1 aromatic heterocycles. The van der Waals surface area contributed by atoms with Crippen LogP contribution in [-0.4, -0.2) is 37.5 Å². The first-order valence-corrected chi connectivity index (χ1v) is 14.8.